The third-order valence-corrected chi connectivity index (χ3v) is 3.89. The molecule has 1 amide bonds. The van der Waals surface area contributed by atoms with Crippen LogP contribution in [-0.2, 0) is 14.3 Å². The number of ketones is 1. The average molecular weight is 392 g/mol. The number of hydrogen-bond donors (Lipinski definition) is 2. The quantitative estimate of drug-likeness (QED) is 0.516. The monoisotopic (exact) mass is 392 g/mol. The molecule has 0 aliphatic carbocycles. The predicted molar refractivity (Wildman–Crippen MR) is 109 cm³/mol. The zero-order valence-electron chi connectivity index (χ0n) is 17.8. The Balaban J connectivity index is 2.61. The van der Waals surface area contributed by atoms with Crippen LogP contribution in [0, 0.1) is 5.92 Å². The number of hydrogen-bond acceptors (Lipinski definition) is 6. The average Bonchev–Trinajstić information content (AvgIpc) is 2.57. The highest BCUT2D eigenvalue weighted by molar-refractivity contribution is 5.99. The molecular formula is C21H32N2O5. The number of alkyl carbamates (subject to hydrolysis) is 1. The SMILES string of the molecule is COC(=O)CC(C)C(=O)c1ccc(NCC(C)(C)NC(=O)OC(C)(C)C)cc1. The van der Waals surface area contributed by atoms with E-state index in [4.69, 9.17) is 4.74 Å². The molecule has 0 radical (unpaired) electrons. The summed E-state index contributed by atoms with van der Waals surface area (Å²) in [5.74, 6) is -0.953. The van der Waals surface area contributed by atoms with E-state index >= 15 is 0 Å². The fourth-order valence-electron chi connectivity index (χ4n) is 2.41. The van der Waals surface area contributed by atoms with E-state index in [-0.39, 0.29) is 12.2 Å². The summed E-state index contributed by atoms with van der Waals surface area (Å²) in [6, 6.07) is 7.02. The summed E-state index contributed by atoms with van der Waals surface area (Å²) in [7, 11) is 1.30. The van der Waals surface area contributed by atoms with Gasteiger partial charge in [-0.15, -0.1) is 0 Å². The molecule has 7 heteroatoms. The molecule has 2 N–H and O–H groups in total. The highest BCUT2D eigenvalue weighted by atomic mass is 16.6. The lowest BCUT2D eigenvalue weighted by molar-refractivity contribution is -0.141. The minimum Gasteiger partial charge on any atom is -0.469 e. The number of anilines is 1. The van der Waals surface area contributed by atoms with Crippen LogP contribution in [0.2, 0.25) is 0 Å². The van der Waals surface area contributed by atoms with Crippen molar-refractivity contribution in [2.24, 2.45) is 5.92 Å². The molecular weight excluding hydrogens is 360 g/mol. The number of carbonyl (C=O) groups is 3. The Bertz CT molecular complexity index is 690. The Morgan fingerprint density at radius 3 is 2.11 bits per heavy atom. The van der Waals surface area contributed by atoms with Gasteiger partial charge in [-0.2, -0.15) is 0 Å². The summed E-state index contributed by atoms with van der Waals surface area (Å²) < 4.78 is 9.88. The highest BCUT2D eigenvalue weighted by Gasteiger charge is 2.24. The largest absolute Gasteiger partial charge is 0.469 e. The van der Waals surface area contributed by atoms with Gasteiger partial charge in [-0.05, 0) is 58.9 Å². The lowest BCUT2D eigenvalue weighted by Crippen LogP contribution is -2.49. The van der Waals surface area contributed by atoms with E-state index in [1.165, 1.54) is 7.11 Å². The van der Waals surface area contributed by atoms with E-state index in [0.29, 0.717) is 12.1 Å². The Labute approximate surface area is 167 Å². The highest BCUT2D eigenvalue weighted by Crippen LogP contribution is 2.17. The smallest absolute Gasteiger partial charge is 0.408 e. The summed E-state index contributed by atoms with van der Waals surface area (Å²) in [6.45, 7) is 11.4. The molecule has 1 unspecified atom stereocenters. The van der Waals surface area contributed by atoms with Gasteiger partial charge in [0.2, 0.25) is 0 Å². The third-order valence-electron chi connectivity index (χ3n) is 3.89. The van der Waals surface area contributed by atoms with E-state index in [2.05, 4.69) is 15.4 Å². The molecule has 0 aliphatic heterocycles. The Morgan fingerprint density at radius 2 is 1.61 bits per heavy atom. The Kier molecular flexibility index (Phi) is 8.02. The molecule has 0 aliphatic rings. The zero-order chi connectivity index (χ0) is 21.5. The van der Waals surface area contributed by atoms with E-state index < -0.39 is 29.1 Å². The van der Waals surface area contributed by atoms with Crippen molar-refractivity contribution in [1.29, 1.82) is 0 Å². The van der Waals surface area contributed by atoms with Crippen molar-refractivity contribution in [3.63, 3.8) is 0 Å². The molecule has 1 aromatic rings. The van der Waals surface area contributed by atoms with Gasteiger partial charge in [0.15, 0.2) is 5.78 Å². The maximum absolute atomic E-state index is 12.4. The van der Waals surface area contributed by atoms with E-state index in [0.717, 1.165) is 5.69 Å². The summed E-state index contributed by atoms with van der Waals surface area (Å²) in [4.78, 5) is 35.6. The van der Waals surface area contributed by atoms with E-state index in [1.807, 2.05) is 34.6 Å². The molecule has 0 spiro atoms. The van der Waals surface area contributed by atoms with Crippen molar-refractivity contribution in [2.75, 3.05) is 19.0 Å². The predicted octanol–water partition coefficient (Wildman–Crippen LogP) is 3.78. The van der Waals surface area contributed by atoms with Gasteiger partial charge >= 0.3 is 12.1 Å². The van der Waals surface area contributed by atoms with Crippen molar-refractivity contribution in [1.82, 2.24) is 5.32 Å². The molecule has 0 aromatic heterocycles. The summed E-state index contributed by atoms with van der Waals surface area (Å²) in [5, 5.41) is 6.06. The van der Waals surface area contributed by atoms with Gasteiger partial charge in [0.25, 0.3) is 0 Å². The summed E-state index contributed by atoms with van der Waals surface area (Å²) in [5.41, 5.74) is 0.261. The van der Waals surface area contributed by atoms with Crippen molar-refractivity contribution in [2.45, 2.75) is 59.1 Å². The molecule has 156 valence electrons. The second kappa shape index (κ2) is 9.57. The maximum Gasteiger partial charge on any atom is 0.408 e. The first-order chi connectivity index (χ1) is 12.8. The molecule has 0 saturated heterocycles. The minimum absolute atomic E-state index is 0.0554. The van der Waals surface area contributed by atoms with Crippen LogP contribution in [0.5, 0.6) is 0 Å². The van der Waals surface area contributed by atoms with Crippen LogP contribution < -0.4 is 10.6 Å². The molecule has 0 fully saturated rings. The molecule has 7 nitrogen and oxygen atoms in total. The maximum atomic E-state index is 12.4. The molecule has 1 aromatic carbocycles. The van der Waals surface area contributed by atoms with Gasteiger partial charge in [0.1, 0.15) is 5.60 Å². The molecule has 1 rings (SSSR count). The fraction of sp³-hybridized carbons (Fsp3) is 0.571. The van der Waals surface area contributed by atoms with Crippen LogP contribution in [-0.4, -0.2) is 42.6 Å². The normalized spacial score (nSPS) is 12.7. The number of rotatable bonds is 8. The summed E-state index contributed by atoms with van der Waals surface area (Å²) >= 11 is 0. The van der Waals surface area contributed by atoms with Crippen LogP contribution in [0.1, 0.15) is 58.3 Å². The number of amides is 1. The van der Waals surface area contributed by atoms with Gasteiger partial charge < -0.3 is 20.1 Å². The minimum atomic E-state index is -0.555. The standard InChI is InChI=1S/C21H32N2O5/c1-14(12-17(24)27-7)18(25)15-8-10-16(11-9-15)22-13-21(5,6)23-19(26)28-20(2,3)4/h8-11,14,22H,12-13H2,1-7H3,(H,23,26). The number of carbonyl (C=O) groups excluding carboxylic acids is 3. The van der Waals surface area contributed by atoms with Crippen LogP contribution in [0.25, 0.3) is 0 Å². The zero-order valence-corrected chi connectivity index (χ0v) is 17.8. The van der Waals surface area contributed by atoms with Crippen LogP contribution in [0.4, 0.5) is 10.5 Å². The number of methoxy groups -OCH3 is 1. The Morgan fingerprint density at radius 1 is 1.04 bits per heavy atom. The molecule has 0 heterocycles. The first-order valence-electron chi connectivity index (χ1n) is 9.29. The lowest BCUT2D eigenvalue weighted by atomic mass is 9.96. The molecule has 28 heavy (non-hydrogen) atoms. The van der Waals surface area contributed by atoms with E-state index in [9.17, 15) is 14.4 Å². The lowest BCUT2D eigenvalue weighted by Gasteiger charge is -2.29. The number of esters is 1. The van der Waals surface area contributed by atoms with Crippen molar-refractivity contribution >= 4 is 23.5 Å². The number of Topliss-reactive ketones (excluding diaryl/α,β-unsaturated/α-hetero) is 1. The molecule has 0 bridgehead atoms. The second-order valence-electron chi connectivity index (χ2n) is 8.49. The first kappa shape index (κ1) is 23.5. The number of ether oxygens (including phenoxy) is 2. The molecule has 1 atom stereocenters. The molecule has 0 saturated carbocycles. The first-order valence-corrected chi connectivity index (χ1v) is 9.29. The van der Waals surface area contributed by atoms with Gasteiger partial charge in [-0.25, -0.2) is 4.79 Å². The fourth-order valence-corrected chi connectivity index (χ4v) is 2.41. The van der Waals surface area contributed by atoms with Crippen LogP contribution >= 0.6 is 0 Å². The third kappa shape index (κ3) is 8.41. The van der Waals surface area contributed by atoms with Crippen molar-refractivity contribution < 1.29 is 23.9 Å². The Hall–Kier alpha value is -2.57. The number of nitrogens with one attached hydrogen (secondary N) is 2. The van der Waals surface area contributed by atoms with Crippen LogP contribution in [0.15, 0.2) is 24.3 Å². The number of benzene rings is 1. The van der Waals surface area contributed by atoms with Crippen molar-refractivity contribution in [3.05, 3.63) is 29.8 Å². The van der Waals surface area contributed by atoms with Crippen LogP contribution in [0.3, 0.4) is 0 Å². The van der Waals surface area contributed by atoms with E-state index in [1.54, 1.807) is 31.2 Å². The van der Waals surface area contributed by atoms with Gasteiger partial charge in [-0.3, -0.25) is 9.59 Å². The van der Waals surface area contributed by atoms with Gasteiger partial charge in [0.05, 0.1) is 19.1 Å². The summed E-state index contributed by atoms with van der Waals surface area (Å²) in [6.07, 6.45) is -0.417. The van der Waals surface area contributed by atoms with Gasteiger partial charge in [-0.1, -0.05) is 6.92 Å². The second-order valence-corrected chi connectivity index (χ2v) is 8.49. The van der Waals surface area contributed by atoms with Gasteiger partial charge in [0, 0.05) is 23.7 Å². The van der Waals surface area contributed by atoms with Crippen molar-refractivity contribution in [3.8, 4) is 0 Å². The topological polar surface area (TPSA) is 93.7 Å².